The number of aromatic amines is 1. The number of anilines is 2. The average Bonchev–Trinajstić information content (AvgIpc) is 3.33. The molecule has 0 spiro atoms. The Bertz CT molecular complexity index is 1030. The van der Waals surface area contributed by atoms with Gasteiger partial charge in [0.2, 0.25) is 0 Å². The number of nitrogens with zero attached hydrogens (tertiary/aromatic N) is 6. The zero-order valence-corrected chi connectivity index (χ0v) is 15.3. The van der Waals surface area contributed by atoms with Crippen LogP contribution in [0.15, 0.2) is 30.9 Å². The maximum Gasteiger partial charge on any atom is 0.142 e. The lowest BCUT2D eigenvalue weighted by Crippen LogP contribution is -2.40. The first-order valence-corrected chi connectivity index (χ1v) is 9.37. The Morgan fingerprint density at radius 3 is 2.81 bits per heavy atom. The summed E-state index contributed by atoms with van der Waals surface area (Å²) in [6.45, 7) is 6.12. The lowest BCUT2D eigenvalue weighted by Gasteiger charge is -2.35. The molecule has 0 saturated carbocycles. The number of hydrogen-bond donors (Lipinski definition) is 1. The van der Waals surface area contributed by atoms with E-state index in [0.29, 0.717) is 17.4 Å². The van der Waals surface area contributed by atoms with Crippen molar-refractivity contribution in [3.63, 3.8) is 0 Å². The maximum atomic E-state index is 9.06. The molecule has 0 radical (unpaired) electrons. The van der Waals surface area contributed by atoms with Crippen LogP contribution in [0.25, 0.3) is 11.0 Å². The van der Waals surface area contributed by atoms with Crippen LogP contribution in [0, 0.1) is 30.1 Å². The van der Waals surface area contributed by atoms with Crippen molar-refractivity contribution >= 4 is 22.7 Å². The van der Waals surface area contributed by atoms with E-state index in [2.05, 4.69) is 41.9 Å². The highest BCUT2D eigenvalue weighted by atomic mass is 15.3. The second-order valence-corrected chi connectivity index (χ2v) is 7.57. The van der Waals surface area contributed by atoms with Gasteiger partial charge in [-0.2, -0.15) is 5.26 Å². The SMILES string of the molecule is Cc1cc(C#N)cnc1N1CC2CCN(c3ncnc4[nH]ccc34)CC2C1. The topological polar surface area (TPSA) is 84.7 Å². The Balaban J connectivity index is 1.37. The van der Waals surface area contributed by atoms with Gasteiger partial charge in [-0.3, -0.25) is 0 Å². The van der Waals surface area contributed by atoms with Crippen LogP contribution in [0.1, 0.15) is 17.5 Å². The fourth-order valence-electron chi connectivity index (χ4n) is 4.60. The molecule has 3 aromatic heterocycles. The molecule has 2 aliphatic rings. The number of nitrogens with one attached hydrogen (secondary N) is 1. The average molecular weight is 359 g/mol. The van der Waals surface area contributed by atoms with Crippen LogP contribution in [0.2, 0.25) is 0 Å². The molecule has 0 bridgehead atoms. The van der Waals surface area contributed by atoms with E-state index >= 15 is 0 Å². The molecule has 5 heterocycles. The van der Waals surface area contributed by atoms with Crippen LogP contribution < -0.4 is 9.80 Å². The molecule has 1 N–H and O–H groups in total. The largest absolute Gasteiger partial charge is 0.356 e. The molecule has 0 aromatic carbocycles. The number of piperidine rings is 1. The highest BCUT2D eigenvalue weighted by molar-refractivity contribution is 5.87. The van der Waals surface area contributed by atoms with Crippen molar-refractivity contribution in [1.82, 2.24) is 19.9 Å². The summed E-state index contributed by atoms with van der Waals surface area (Å²) in [5, 5.41) is 10.2. The Morgan fingerprint density at radius 1 is 1.11 bits per heavy atom. The molecule has 2 saturated heterocycles. The monoisotopic (exact) mass is 359 g/mol. The van der Waals surface area contributed by atoms with Gasteiger partial charge in [-0.15, -0.1) is 0 Å². The molecule has 2 fully saturated rings. The molecule has 2 atom stereocenters. The molecule has 3 aromatic rings. The molecule has 7 nitrogen and oxygen atoms in total. The predicted octanol–water partition coefficient (Wildman–Crippen LogP) is 2.50. The molecule has 27 heavy (non-hydrogen) atoms. The highest BCUT2D eigenvalue weighted by Gasteiger charge is 2.38. The Hall–Kier alpha value is -3.14. The number of aryl methyl sites for hydroxylation is 1. The van der Waals surface area contributed by atoms with Crippen molar-refractivity contribution in [2.45, 2.75) is 13.3 Å². The van der Waals surface area contributed by atoms with Crippen LogP contribution in [0.3, 0.4) is 0 Å². The Morgan fingerprint density at radius 2 is 1.96 bits per heavy atom. The van der Waals surface area contributed by atoms with Crippen molar-refractivity contribution in [3.05, 3.63) is 42.0 Å². The summed E-state index contributed by atoms with van der Waals surface area (Å²) in [6.07, 6.45) is 6.41. The molecule has 7 heteroatoms. The fourth-order valence-corrected chi connectivity index (χ4v) is 4.60. The van der Waals surface area contributed by atoms with Gasteiger partial charge in [-0.25, -0.2) is 15.0 Å². The van der Waals surface area contributed by atoms with Gasteiger partial charge in [0.1, 0.15) is 29.7 Å². The first-order chi connectivity index (χ1) is 13.2. The van der Waals surface area contributed by atoms with E-state index in [0.717, 1.165) is 60.8 Å². The van der Waals surface area contributed by atoms with E-state index in [1.54, 1.807) is 12.5 Å². The summed E-state index contributed by atoms with van der Waals surface area (Å²) in [6, 6.07) is 6.16. The minimum Gasteiger partial charge on any atom is -0.356 e. The smallest absolute Gasteiger partial charge is 0.142 e. The molecule has 5 rings (SSSR count). The van der Waals surface area contributed by atoms with Crippen molar-refractivity contribution in [2.75, 3.05) is 36.0 Å². The van der Waals surface area contributed by atoms with E-state index < -0.39 is 0 Å². The Labute approximate surface area is 157 Å². The lowest BCUT2D eigenvalue weighted by molar-refractivity contribution is 0.348. The summed E-state index contributed by atoms with van der Waals surface area (Å²) in [4.78, 5) is 21.4. The summed E-state index contributed by atoms with van der Waals surface area (Å²) in [5.41, 5.74) is 2.60. The predicted molar refractivity (Wildman–Crippen MR) is 104 cm³/mol. The zero-order valence-electron chi connectivity index (χ0n) is 15.3. The van der Waals surface area contributed by atoms with E-state index in [-0.39, 0.29) is 0 Å². The standard InChI is InChI=1S/C20H21N7/c1-13-6-14(7-21)8-23-19(13)27-9-15-3-5-26(10-16(15)11-27)20-17-2-4-22-18(17)24-12-25-20/h2,4,6,8,12,15-16H,3,5,9-11H2,1H3,(H,22,24,25). The number of aromatic nitrogens is 4. The quantitative estimate of drug-likeness (QED) is 0.757. The first-order valence-electron chi connectivity index (χ1n) is 9.37. The van der Waals surface area contributed by atoms with Gasteiger partial charge in [-0.1, -0.05) is 0 Å². The van der Waals surface area contributed by atoms with Crippen molar-refractivity contribution in [3.8, 4) is 6.07 Å². The second kappa shape index (κ2) is 6.23. The molecule has 0 amide bonds. The van der Waals surface area contributed by atoms with Crippen LogP contribution in [0.5, 0.6) is 0 Å². The molecular formula is C20H21N7. The minimum absolute atomic E-state index is 0.597. The van der Waals surface area contributed by atoms with E-state index in [1.165, 1.54) is 0 Å². The number of rotatable bonds is 2. The van der Waals surface area contributed by atoms with Gasteiger partial charge in [0.05, 0.1) is 10.9 Å². The van der Waals surface area contributed by atoms with Crippen LogP contribution in [-0.4, -0.2) is 46.1 Å². The molecule has 2 unspecified atom stereocenters. The number of H-pyrrole nitrogens is 1. The van der Waals surface area contributed by atoms with Gasteiger partial charge in [0, 0.05) is 38.6 Å². The van der Waals surface area contributed by atoms with Gasteiger partial charge in [0.25, 0.3) is 0 Å². The molecule has 136 valence electrons. The summed E-state index contributed by atoms with van der Waals surface area (Å²) in [5.74, 6) is 3.33. The van der Waals surface area contributed by atoms with Crippen molar-refractivity contribution in [2.24, 2.45) is 11.8 Å². The number of nitriles is 1. The molecule has 2 aliphatic heterocycles. The zero-order chi connectivity index (χ0) is 18.4. The molecule has 0 aliphatic carbocycles. The van der Waals surface area contributed by atoms with Gasteiger partial charge < -0.3 is 14.8 Å². The van der Waals surface area contributed by atoms with Crippen LogP contribution in [-0.2, 0) is 0 Å². The number of hydrogen-bond acceptors (Lipinski definition) is 6. The van der Waals surface area contributed by atoms with Gasteiger partial charge in [0.15, 0.2) is 0 Å². The van der Waals surface area contributed by atoms with E-state index in [9.17, 15) is 0 Å². The van der Waals surface area contributed by atoms with Crippen molar-refractivity contribution < 1.29 is 0 Å². The third kappa shape index (κ3) is 2.69. The van der Waals surface area contributed by atoms with Crippen LogP contribution in [0.4, 0.5) is 11.6 Å². The summed E-state index contributed by atoms with van der Waals surface area (Å²) < 4.78 is 0. The lowest BCUT2D eigenvalue weighted by atomic mass is 9.88. The van der Waals surface area contributed by atoms with Crippen molar-refractivity contribution in [1.29, 1.82) is 5.26 Å². The maximum absolute atomic E-state index is 9.06. The third-order valence-electron chi connectivity index (χ3n) is 5.91. The third-order valence-corrected chi connectivity index (χ3v) is 5.91. The summed E-state index contributed by atoms with van der Waals surface area (Å²) in [7, 11) is 0. The number of pyridine rings is 1. The molecular weight excluding hydrogens is 338 g/mol. The normalized spacial score (nSPS) is 22.1. The van der Waals surface area contributed by atoms with Gasteiger partial charge >= 0.3 is 0 Å². The van der Waals surface area contributed by atoms with Crippen LogP contribution >= 0.6 is 0 Å². The second-order valence-electron chi connectivity index (χ2n) is 7.57. The summed E-state index contributed by atoms with van der Waals surface area (Å²) >= 11 is 0. The first kappa shape index (κ1) is 16.1. The number of fused-ring (bicyclic) bond motifs is 2. The fraction of sp³-hybridized carbons (Fsp3) is 0.400. The van der Waals surface area contributed by atoms with E-state index in [1.807, 2.05) is 19.2 Å². The van der Waals surface area contributed by atoms with E-state index in [4.69, 9.17) is 5.26 Å². The minimum atomic E-state index is 0.597. The Kier molecular flexibility index (Phi) is 3.71. The highest BCUT2D eigenvalue weighted by Crippen LogP contribution is 2.36. The van der Waals surface area contributed by atoms with Gasteiger partial charge in [-0.05, 0) is 42.9 Å².